The molecule has 2 aromatic heterocycles. The van der Waals surface area contributed by atoms with Crippen LogP contribution in [0.25, 0.3) is 11.5 Å². The van der Waals surface area contributed by atoms with Gasteiger partial charge in [-0.05, 0) is 30.3 Å². The van der Waals surface area contributed by atoms with Crippen molar-refractivity contribution in [3.05, 3.63) is 54.0 Å². The lowest BCUT2D eigenvalue weighted by atomic mass is 10.2. The van der Waals surface area contributed by atoms with Gasteiger partial charge in [-0.15, -0.1) is 0 Å². The van der Waals surface area contributed by atoms with Gasteiger partial charge in [-0.1, -0.05) is 29.9 Å². The molecule has 1 N–H and O–H groups in total. The predicted octanol–water partition coefficient (Wildman–Crippen LogP) is 3.30. The van der Waals surface area contributed by atoms with Gasteiger partial charge in [-0.3, -0.25) is 4.79 Å². The number of carbonyl (C=O) groups is 1. The molecule has 1 amide bonds. The van der Waals surface area contributed by atoms with Crippen LogP contribution in [0.3, 0.4) is 0 Å². The lowest BCUT2D eigenvalue weighted by Crippen LogP contribution is -2.14. The van der Waals surface area contributed by atoms with E-state index in [1.807, 2.05) is 19.1 Å². The highest BCUT2D eigenvalue weighted by Gasteiger charge is 2.09. The molecule has 3 aromatic rings. The first-order chi connectivity index (χ1) is 12.7. The van der Waals surface area contributed by atoms with E-state index < -0.39 is 0 Å². The Morgan fingerprint density at radius 2 is 2.23 bits per heavy atom. The van der Waals surface area contributed by atoms with Crippen molar-refractivity contribution in [3.63, 3.8) is 0 Å². The van der Waals surface area contributed by atoms with Gasteiger partial charge in [-0.25, -0.2) is 4.98 Å². The standard InChI is InChI=1S/C18H15N5O2S/c1-2-15-22-18(25-23-15)13-6-7-17(20-10-13)26-11-16(24)21-14-5-3-4-12(8-14)9-19/h3-8,10H,2,11H2,1H3,(H,21,24). The zero-order chi connectivity index (χ0) is 18.4. The Bertz CT molecular complexity index is 947. The van der Waals surface area contributed by atoms with Crippen LogP contribution in [0.15, 0.2) is 52.1 Å². The second-order valence-electron chi connectivity index (χ2n) is 5.28. The summed E-state index contributed by atoms with van der Waals surface area (Å²) >= 11 is 1.32. The summed E-state index contributed by atoms with van der Waals surface area (Å²) in [6.07, 6.45) is 2.35. The van der Waals surface area contributed by atoms with Gasteiger partial charge in [0, 0.05) is 18.3 Å². The third-order valence-electron chi connectivity index (χ3n) is 3.39. The summed E-state index contributed by atoms with van der Waals surface area (Å²) in [5.74, 6) is 1.13. The molecule has 3 rings (SSSR count). The van der Waals surface area contributed by atoms with Crippen LogP contribution in [0.1, 0.15) is 18.3 Å². The Morgan fingerprint density at radius 1 is 1.35 bits per heavy atom. The fourth-order valence-corrected chi connectivity index (χ4v) is 2.75. The molecule has 0 bridgehead atoms. The molecule has 0 aliphatic carbocycles. The highest BCUT2D eigenvalue weighted by molar-refractivity contribution is 7.99. The largest absolute Gasteiger partial charge is 0.334 e. The molecule has 0 unspecified atom stereocenters. The topological polar surface area (TPSA) is 105 Å². The van der Waals surface area contributed by atoms with Crippen LogP contribution in [0.5, 0.6) is 0 Å². The first kappa shape index (κ1) is 17.6. The Hall–Kier alpha value is -3.18. The number of thioether (sulfide) groups is 1. The van der Waals surface area contributed by atoms with E-state index in [1.54, 1.807) is 36.5 Å². The summed E-state index contributed by atoms with van der Waals surface area (Å²) < 4.78 is 5.17. The van der Waals surface area contributed by atoms with Crippen LogP contribution < -0.4 is 5.32 Å². The highest BCUT2D eigenvalue weighted by atomic mass is 32.2. The summed E-state index contributed by atoms with van der Waals surface area (Å²) in [5.41, 5.74) is 1.83. The van der Waals surface area contributed by atoms with Gasteiger partial charge in [-0.2, -0.15) is 10.2 Å². The number of hydrogen-bond acceptors (Lipinski definition) is 7. The first-order valence-electron chi connectivity index (χ1n) is 7.89. The molecule has 0 aliphatic rings. The van der Waals surface area contributed by atoms with Crippen molar-refractivity contribution in [2.75, 3.05) is 11.1 Å². The fraction of sp³-hybridized carbons (Fsp3) is 0.167. The van der Waals surface area contributed by atoms with E-state index in [4.69, 9.17) is 9.78 Å². The molecular weight excluding hydrogens is 350 g/mol. The van der Waals surface area contributed by atoms with Gasteiger partial charge in [0.05, 0.1) is 28.0 Å². The van der Waals surface area contributed by atoms with Crippen LogP contribution in [0.4, 0.5) is 5.69 Å². The molecule has 8 heteroatoms. The van der Waals surface area contributed by atoms with Gasteiger partial charge in [0.25, 0.3) is 5.89 Å². The highest BCUT2D eigenvalue weighted by Crippen LogP contribution is 2.21. The van der Waals surface area contributed by atoms with Crippen LogP contribution in [0, 0.1) is 11.3 Å². The number of aryl methyl sites for hydroxylation is 1. The predicted molar refractivity (Wildman–Crippen MR) is 97.4 cm³/mol. The third kappa shape index (κ3) is 4.46. The van der Waals surface area contributed by atoms with E-state index in [9.17, 15) is 4.79 Å². The Kier molecular flexibility index (Phi) is 5.61. The normalized spacial score (nSPS) is 10.3. The van der Waals surface area contributed by atoms with Gasteiger partial charge in [0.15, 0.2) is 5.82 Å². The summed E-state index contributed by atoms with van der Waals surface area (Å²) in [7, 11) is 0. The Labute approximate surface area is 154 Å². The van der Waals surface area contributed by atoms with Crippen molar-refractivity contribution >= 4 is 23.4 Å². The van der Waals surface area contributed by atoms with Crippen molar-refractivity contribution < 1.29 is 9.32 Å². The number of rotatable bonds is 6. The summed E-state index contributed by atoms with van der Waals surface area (Å²) in [6.45, 7) is 1.95. The molecule has 0 spiro atoms. The molecular formula is C18H15N5O2S. The number of nitrogens with zero attached hydrogens (tertiary/aromatic N) is 4. The molecule has 1 aromatic carbocycles. The van der Waals surface area contributed by atoms with Gasteiger partial charge < -0.3 is 9.84 Å². The second-order valence-corrected chi connectivity index (χ2v) is 6.28. The number of nitriles is 1. The van der Waals surface area contributed by atoms with E-state index in [-0.39, 0.29) is 11.7 Å². The average Bonchev–Trinajstić information content (AvgIpc) is 3.16. The number of benzene rings is 1. The SMILES string of the molecule is CCc1noc(-c2ccc(SCC(=O)Nc3cccc(C#N)c3)nc2)n1. The first-order valence-corrected chi connectivity index (χ1v) is 8.88. The minimum absolute atomic E-state index is 0.166. The van der Waals surface area contributed by atoms with Crippen LogP contribution >= 0.6 is 11.8 Å². The number of amides is 1. The van der Waals surface area contributed by atoms with Gasteiger partial charge in [0.2, 0.25) is 5.91 Å². The summed E-state index contributed by atoms with van der Waals surface area (Å²) in [6, 6.07) is 12.5. The quantitative estimate of drug-likeness (QED) is 0.668. The van der Waals surface area contributed by atoms with E-state index in [2.05, 4.69) is 20.4 Å². The van der Waals surface area contributed by atoms with E-state index in [1.165, 1.54) is 11.8 Å². The van der Waals surface area contributed by atoms with Crippen LogP contribution in [-0.2, 0) is 11.2 Å². The number of pyridine rings is 1. The average molecular weight is 365 g/mol. The molecule has 0 atom stereocenters. The van der Waals surface area contributed by atoms with Crippen LogP contribution in [0.2, 0.25) is 0 Å². The molecule has 130 valence electrons. The second kappa shape index (κ2) is 8.27. The maximum atomic E-state index is 12.0. The molecule has 0 fully saturated rings. The van der Waals surface area contributed by atoms with Crippen molar-refractivity contribution in [1.82, 2.24) is 15.1 Å². The van der Waals surface area contributed by atoms with E-state index in [0.717, 1.165) is 5.56 Å². The van der Waals surface area contributed by atoms with Gasteiger partial charge in [0.1, 0.15) is 0 Å². The fourth-order valence-electron chi connectivity index (χ4n) is 2.11. The number of anilines is 1. The Balaban J connectivity index is 1.55. The summed E-state index contributed by atoms with van der Waals surface area (Å²) in [5, 5.41) is 16.2. The maximum Gasteiger partial charge on any atom is 0.259 e. The molecule has 7 nitrogen and oxygen atoms in total. The van der Waals surface area contributed by atoms with E-state index in [0.29, 0.717) is 34.4 Å². The molecule has 0 aliphatic heterocycles. The van der Waals surface area contributed by atoms with E-state index >= 15 is 0 Å². The van der Waals surface area contributed by atoms with Gasteiger partial charge >= 0.3 is 0 Å². The molecule has 0 saturated carbocycles. The number of hydrogen-bond donors (Lipinski definition) is 1. The van der Waals surface area contributed by atoms with Crippen molar-refractivity contribution in [1.29, 1.82) is 5.26 Å². The van der Waals surface area contributed by atoms with Crippen molar-refractivity contribution in [2.45, 2.75) is 18.4 Å². The maximum absolute atomic E-state index is 12.0. The molecule has 26 heavy (non-hydrogen) atoms. The number of aromatic nitrogens is 3. The van der Waals surface area contributed by atoms with Crippen molar-refractivity contribution in [2.24, 2.45) is 0 Å². The Morgan fingerprint density at radius 3 is 2.92 bits per heavy atom. The molecule has 2 heterocycles. The van der Waals surface area contributed by atoms with Crippen molar-refractivity contribution in [3.8, 4) is 17.5 Å². The number of nitrogens with one attached hydrogen (secondary N) is 1. The zero-order valence-corrected chi connectivity index (χ0v) is 14.8. The monoisotopic (exact) mass is 365 g/mol. The smallest absolute Gasteiger partial charge is 0.259 e. The third-order valence-corrected chi connectivity index (χ3v) is 4.34. The molecule has 0 radical (unpaired) electrons. The number of carbonyl (C=O) groups excluding carboxylic acids is 1. The zero-order valence-electron chi connectivity index (χ0n) is 14.0. The lowest BCUT2D eigenvalue weighted by Gasteiger charge is -2.05. The van der Waals surface area contributed by atoms with Crippen LogP contribution in [-0.4, -0.2) is 26.8 Å². The lowest BCUT2D eigenvalue weighted by molar-refractivity contribution is -0.113. The summed E-state index contributed by atoms with van der Waals surface area (Å²) in [4.78, 5) is 20.6. The minimum atomic E-state index is -0.166. The minimum Gasteiger partial charge on any atom is -0.334 e. The molecule has 0 saturated heterocycles.